The molecule has 1 N–H and O–H groups in total. The molecule has 0 saturated heterocycles. The summed E-state index contributed by atoms with van der Waals surface area (Å²) in [5.41, 5.74) is 3.35. The third-order valence-electron chi connectivity index (χ3n) is 4.15. The van der Waals surface area contributed by atoms with Gasteiger partial charge in [0.15, 0.2) is 0 Å². The van der Waals surface area contributed by atoms with E-state index in [0.717, 1.165) is 24.0 Å². The van der Waals surface area contributed by atoms with Crippen molar-refractivity contribution in [2.24, 2.45) is 0 Å². The molecule has 3 nitrogen and oxygen atoms in total. The highest BCUT2D eigenvalue weighted by molar-refractivity contribution is 7.92. The van der Waals surface area contributed by atoms with E-state index in [1.54, 1.807) is 36.4 Å². The highest BCUT2D eigenvalue weighted by atomic mass is 32.2. The largest absolute Gasteiger partial charge is 0.278 e. The van der Waals surface area contributed by atoms with Crippen LogP contribution in [0.3, 0.4) is 0 Å². The van der Waals surface area contributed by atoms with E-state index >= 15 is 0 Å². The molecule has 0 heterocycles. The summed E-state index contributed by atoms with van der Waals surface area (Å²) in [6.45, 7) is 1.93. The molecule has 0 unspecified atom stereocenters. The van der Waals surface area contributed by atoms with E-state index in [0.29, 0.717) is 11.3 Å². The summed E-state index contributed by atoms with van der Waals surface area (Å²) in [5.74, 6) is 6.31. The number of para-hydroxylation sites is 1. The summed E-state index contributed by atoms with van der Waals surface area (Å²) in [7, 11) is -3.63. The molecule has 0 amide bonds. The summed E-state index contributed by atoms with van der Waals surface area (Å²) in [6.07, 6.45) is 6.64. The van der Waals surface area contributed by atoms with Crippen molar-refractivity contribution < 1.29 is 8.42 Å². The van der Waals surface area contributed by atoms with Crippen LogP contribution in [0.5, 0.6) is 0 Å². The Morgan fingerprint density at radius 1 is 0.960 bits per heavy atom. The molecule has 0 aromatic heterocycles. The molecule has 0 saturated carbocycles. The second-order valence-corrected chi connectivity index (χ2v) is 7.87. The zero-order valence-corrected chi connectivity index (χ0v) is 15.1. The summed E-state index contributed by atoms with van der Waals surface area (Å²) in [4.78, 5) is 0.246. The smallest absolute Gasteiger partial charge is 0.261 e. The minimum Gasteiger partial charge on any atom is -0.278 e. The van der Waals surface area contributed by atoms with Crippen LogP contribution in [-0.4, -0.2) is 8.42 Å². The van der Waals surface area contributed by atoms with Crippen molar-refractivity contribution in [3.8, 4) is 11.8 Å². The van der Waals surface area contributed by atoms with Crippen molar-refractivity contribution >= 4 is 15.7 Å². The van der Waals surface area contributed by atoms with Crippen molar-refractivity contribution in [1.29, 1.82) is 0 Å². The van der Waals surface area contributed by atoms with E-state index in [-0.39, 0.29) is 4.90 Å². The first-order valence-corrected chi connectivity index (χ1v) is 9.92. The van der Waals surface area contributed by atoms with Crippen LogP contribution in [0.4, 0.5) is 5.69 Å². The predicted octanol–water partition coefficient (Wildman–Crippen LogP) is 4.65. The number of anilines is 1. The molecular formula is C21H21NO2S. The minimum atomic E-state index is -3.63. The molecule has 2 aromatic rings. The number of allylic oxidation sites excluding steroid dienone is 2. The van der Waals surface area contributed by atoms with Gasteiger partial charge in [-0.2, -0.15) is 0 Å². The summed E-state index contributed by atoms with van der Waals surface area (Å²) >= 11 is 0. The average molecular weight is 351 g/mol. The monoisotopic (exact) mass is 351 g/mol. The molecule has 1 aliphatic carbocycles. The molecule has 4 heteroatoms. The number of rotatable bonds is 3. The molecule has 0 aliphatic heterocycles. The number of aryl methyl sites for hydroxylation is 1. The van der Waals surface area contributed by atoms with Crippen LogP contribution in [0.25, 0.3) is 0 Å². The maximum atomic E-state index is 12.6. The zero-order valence-electron chi connectivity index (χ0n) is 14.2. The van der Waals surface area contributed by atoms with Gasteiger partial charge in [-0.15, -0.1) is 0 Å². The van der Waals surface area contributed by atoms with Crippen molar-refractivity contribution in [3.63, 3.8) is 0 Å². The van der Waals surface area contributed by atoms with Crippen LogP contribution < -0.4 is 4.72 Å². The Bertz CT molecular complexity index is 945. The Balaban J connectivity index is 1.87. The number of nitrogens with one attached hydrogen (secondary N) is 1. The number of hydrogen-bond donors (Lipinski definition) is 1. The van der Waals surface area contributed by atoms with Gasteiger partial charge in [-0.25, -0.2) is 8.42 Å². The van der Waals surface area contributed by atoms with Crippen molar-refractivity contribution in [2.45, 2.75) is 37.5 Å². The second-order valence-electron chi connectivity index (χ2n) is 6.19. The van der Waals surface area contributed by atoms with Gasteiger partial charge < -0.3 is 0 Å². The van der Waals surface area contributed by atoms with Crippen LogP contribution in [-0.2, 0) is 10.0 Å². The van der Waals surface area contributed by atoms with Crippen LogP contribution in [0.2, 0.25) is 0 Å². The maximum Gasteiger partial charge on any atom is 0.261 e. The highest BCUT2D eigenvalue weighted by Crippen LogP contribution is 2.21. The second kappa shape index (κ2) is 7.58. The number of benzene rings is 2. The predicted molar refractivity (Wildman–Crippen MR) is 102 cm³/mol. The van der Waals surface area contributed by atoms with Gasteiger partial charge in [-0.05, 0) is 62.4 Å². The quantitative estimate of drug-likeness (QED) is 0.818. The molecular weight excluding hydrogens is 330 g/mol. The van der Waals surface area contributed by atoms with Crippen LogP contribution in [0, 0.1) is 18.8 Å². The van der Waals surface area contributed by atoms with Gasteiger partial charge in [-0.1, -0.05) is 47.7 Å². The Hall–Kier alpha value is -2.51. The minimum absolute atomic E-state index is 0.246. The lowest BCUT2D eigenvalue weighted by molar-refractivity contribution is 0.601. The Labute approximate surface area is 149 Å². The normalized spacial score (nSPS) is 14.2. The topological polar surface area (TPSA) is 46.2 Å². The van der Waals surface area contributed by atoms with E-state index in [4.69, 9.17) is 0 Å². The van der Waals surface area contributed by atoms with Gasteiger partial charge >= 0.3 is 0 Å². The molecule has 2 aromatic carbocycles. The zero-order chi connectivity index (χ0) is 17.7. The Morgan fingerprint density at radius 2 is 1.72 bits per heavy atom. The number of sulfonamides is 1. The maximum absolute atomic E-state index is 12.6. The van der Waals surface area contributed by atoms with Gasteiger partial charge in [0.25, 0.3) is 10.0 Å². The average Bonchev–Trinajstić information content (AvgIpc) is 2.62. The molecule has 1 aliphatic rings. The van der Waals surface area contributed by atoms with E-state index in [9.17, 15) is 8.42 Å². The standard InChI is InChI=1S/C21H21NO2S/c1-17-11-15-20(16-12-17)25(23,24)22-21-10-6-5-9-19(21)14-13-18-7-3-2-4-8-18/h5-7,9-12,15-16,22H,2-4,8H2,1H3. The molecule has 128 valence electrons. The SMILES string of the molecule is Cc1ccc(S(=O)(=O)Nc2ccccc2C#CC2=CCCCC2)cc1. The fraction of sp³-hybridized carbons (Fsp3) is 0.238. The van der Waals surface area contributed by atoms with Crippen molar-refractivity contribution in [2.75, 3.05) is 4.72 Å². The third kappa shape index (κ3) is 4.52. The first kappa shape index (κ1) is 17.3. The van der Waals surface area contributed by atoms with Gasteiger partial charge in [-0.3, -0.25) is 4.72 Å². The highest BCUT2D eigenvalue weighted by Gasteiger charge is 2.15. The molecule has 0 atom stereocenters. The Kier molecular flexibility index (Phi) is 5.25. The third-order valence-corrected chi connectivity index (χ3v) is 5.53. The van der Waals surface area contributed by atoms with Crippen molar-refractivity contribution in [3.05, 3.63) is 71.3 Å². The van der Waals surface area contributed by atoms with Gasteiger partial charge in [0.2, 0.25) is 0 Å². The van der Waals surface area contributed by atoms with E-state index in [2.05, 4.69) is 22.6 Å². The molecule has 0 radical (unpaired) electrons. The lowest BCUT2D eigenvalue weighted by atomic mass is 10.00. The molecule has 3 rings (SSSR count). The first-order chi connectivity index (χ1) is 12.0. The lowest BCUT2D eigenvalue weighted by Crippen LogP contribution is -2.13. The summed E-state index contributed by atoms with van der Waals surface area (Å²) in [5, 5.41) is 0. The summed E-state index contributed by atoms with van der Waals surface area (Å²) in [6, 6.07) is 14.0. The number of hydrogen-bond acceptors (Lipinski definition) is 2. The molecule has 25 heavy (non-hydrogen) atoms. The molecule has 0 fully saturated rings. The van der Waals surface area contributed by atoms with E-state index in [1.807, 2.05) is 19.1 Å². The fourth-order valence-corrected chi connectivity index (χ4v) is 3.78. The van der Waals surface area contributed by atoms with Gasteiger partial charge in [0.1, 0.15) is 0 Å². The van der Waals surface area contributed by atoms with Gasteiger partial charge in [0.05, 0.1) is 10.6 Å². The lowest BCUT2D eigenvalue weighted by Gasteiger charge is -2.10. The van der Waals surface area contributed by atoms with E-state index in [1.165, 1.54) is 12.8 Å². The van der Waals surface area contributed by atoms with Gasteiger partial charge in [0, 0.05) is 5.56 Å². The van der Waals surface area contributed by atoms with Crippen LogP contribution in [0.15, 0.2) is 65.1 Å². The van der Waals surface area contributed by atoms with Crippen molar-refractivity contribution in [1.82, 2.24) is 0 Å². The first-order valence-electron chi connectivity index (χ1n) is 8.44. The Morgan fingerprint density at radius 3 is 2.44 bits per heavy atom. The van der Waals surface area contributed by atoms with E-state index < -0.39 is 10.0 Å². The van der Waals surface area contributed by atoms with Crippen LogP contribution >= 0.6 is 0 Å². The summed E-state index contributed by atoms with van der Waals surface area (Å²) < 4.78 is 27.9. The molecule has 0 bridgehead atoms. The molecule has 0 spiro atoms. The van der Waals surface area contributed by atoms with Crippen LogP contribution in [0.1, 0.15) is 36.8 Å². The fourth-order valence-electron chi connectivity index (χ4n) is 2.70.